The Labute approximate surface area is 228 Å². The summed E-state index contributed by atoms with van der Waals surface area (Å²) in [6, 6.07) is 7.60. The van der Waals surface area contributed by atoms with E-state index in [1.807, 2.05) is 10.6 Å². The number of nitrogen functional groups attached to an aromatic ring is 1. The van der Waals surface area contributed by atoms with E-state index in [0.29, 0.717) is 29.5 Å². The molecule has 0 amide bonds. The summed E-state index contributed by atoms with van der Waals surface area (Å²) >= 11 is 6.20. The first-order chi connectivity index (χ1) is 18.8. The molecule has 0 aliphatic heterocycles. The van der Waals surface area contributed by atoms with Crippen molar-refractivity contribution in [2.45, 2.75) is 57.1 Å². The fraction of sp³-hybridized carbons (Fsp3) is 0.414. The minimum atomic E-state index is -1.22. The van der Waals surface area contributed by atoms with E-state index >= 15 is 0 Å². The highest BCUT2D eigenvalue weighted by molar-refractivity contribution is 6.33. The van der Waals surface area contributed by atoms with Gasteiger partial charge in [0.1, 0.15) is 23.7 Å². The predicted octanol–water partition coefficient (Wildman–Crippen LogP) is 6.57. The zero-order valence-corrected chi connectivity index (χ0v) is 21.9. The SMILES string of the molecule is Nc1nc(Cl)c2ncn(Cc3ccc(C45CC6CC(CC(C6)C4)C5)c(OCc4cc(F)c(F)cc4F)c3)c2n1. The van der Waals surface area contributed by atoms with E-state index in [4.69, 9.17) is 22.1 Å². The van der Waals surface area contributed by atoms with Crippen LogP contribution in [-0.2, 0) is 18.6 Å². The number of hydrogen-bond acceptors (Lipinski definition) is 5. The molecule has 0 spiro atoms. The highest BCUT2D eigenvalue weighted by Crippen LogP contribution is 2.62. The van der Waals surface area contributed by atoms with Gasteiger partial charge in [0, 0.05) is 17.2 Å². The van der Waals surface area contributed by atoms with Gasteiger partial charge in [0.2, 0.25) is 5.95 Å². The summed E-state index contributed by atoms with van der Waals surface area (Å²) in [5.41, 5.74) is 8.82. The minimum Gasteiger partial charge on any atom is -0.488 e. The molecule has 202 valence electrons. The Balaban J connectivity index is 1.26. The quantitative estimate of drug-likeness (QED) is 0.216. The third-order valence-corrected chi connectivity index (χ3v) is 9.18. The van der Waals surface area contributed by atoms with Gasteiger partial charge in [-0.3, -0.25) is 0 Å². The van der Waals surface area contributed by atoms with E-state index in [1.165, 1.54) is 19.3 Å². The average molecular weight is 554 g/mol. The van der Waals surface area contributed by atoms with Gasteiger partial charge in [0.05, 0.1) is 12.9 Å². The molecule has 6 nitrogen and oxygen atoms in total. The van der Waals surface area contributed by atoms with Crippen LogP contribution in [0.4, 0.5) is 19.1 Å². The maximum absolute atomic E-state index is 14.5. The Hall–Kier alpha value is -3.33. The minimum absolute atomic E-state index is 0.0199. The van der Waals surface area contributed by atoms with Crippen LogP contribution in [0.1, 0.15) is 55.2 Å². The Bertz CT molecular complexity index is 1570. The Morgan fingerprint density at radius 1 is 0.949 bits per heavy atom. The van der Waals surface area contributed by atoms with Crippen molar-refractivity contribution >= 4 is 28.7 Å². The number of nitrogens with two attached hydrogens (primary N) is 1. The number of fused-ring (bicyclic) bond motifs is 1. The first-order valence-corrected chi connectivity index (χ1v) is 13.7. The number of imidazole rings is 1. The van der Waals surface area contributed by atoms with E-state index < -0.39 is 17.5 Å². The third kappa shape index (κ3) is 4.31. The molecule has 4 fully saturated rings. The van der Waals surface area contributed by atoms with Gasteiger partial charge in [-0.25, -0.2) is 18.2 Å². The average Bonchev–Trinajstić information content (AvgIpc) is 3.27. The molecule has 8 rings (SSSR count). The molecule has 10 heteroatoms. The normalized spacial score (nSPS) is 25.5. The van der Waals surface area contributed by atoms with Gasteiger partial charge >= 0.3 is 0 Å². The molecule has 0 saturated heterocycles. The summed E-state index contributed by atoms with van der Waals surface area (Å²) in [4.78, 5) is 12.6. The molecule has 0 unspecified atom stereocenters. The van der Waals surface area contributed by atoms with E-state index in [9.17, 15) is 13.2 Å². The van der Waals surface area contributed by atoms with Crippen LogP contribution in [0.25, 0.3) is 11.2 Å². The van der Waals surface area contributed by atoms with Crippen LogP contribution in [-0.4, -0.2) is 19.5 Å². The molecule has 39 heavy (non-hydrogen) atoms. The maximum Gasteiger partial charge on any atom is 0.223 e. The summed E-state index contributed by atoms with van der Waals surface area (Å²) in [6.45, 7) is 0.208. The van der Waals surface area contributed by atoms with Gasteiger partial charge in [-0.05, 0) is 79.4 Å². The van der Waals surface area contributed by atoms with Crippen molar-refractivity contribution in [3.63, 3.8) is 0 Å². The van der Waals surface area contributed by atoms with Gasteiger partial charge in [0.15, 0.2) is 22.4 Å². The highest BCUT2D eigenvalue weighted by atomic mass is 35.5. The topological polar surface area (TPSA) is 78.8 Å². The zero-order valence-electron chi connectivity index (χ0n) is 21.1. The van der Waals surface area contributed by atoms with Crippen molar-refractivity contribution in [1.82, 2.24) is 19.5 Å². The Morgan fingerprint density at radius 2 is 1.64 bits per heavy atom. The monoisotopic (exact) mass is 553 g/mol. The van der Waals surface area contributed by atoms with Crippen LogP contribution < -0.4 is 10.5 Å². The van der Waals surface area contributed by atoms with Crippen LogP contribution >= 0.6 is 11.6 Å². The van der Waals surface area contributed by atoms with Crippen molar-refractivity contribution in [2.24, 2.45) is 17.8 Å². The first-order valence-electron chi connectivity index (χ1n) is 13.3. The number of ether oxygens (including phenoxy) is 1. The number of hydrogen-bond donors (Lipinski definition) is 1. The predicted molar refractivity (Wildman–Crippen MR) is 141 cm³/mol. The van der Waals surface area contributed by atoms with E-state index in [1.54, 1.807) is 6.33 Å². The van der Waals surface area contributed by atoms with Crippen molar-refractivity contribution in [3.8, 4) is 5.75 Å². The summed E-state index contributed by atoms with van der Waals surface area (Å²) in [6.07, 6.45) is 8.90. The number of nitrogens with zero attached hydrogens (tertiary/aromatic N) is 4. The maximum atomic E-state index is 14.5. The Morgan fingerprint density at radius 3 is 2.36 bits per heavy atom. The number of rotatable bonds is 6. The molecule has 2 heterocycles. The van der Waals surface area contributed by atoms with E-state index in [2.05, 4.69) is 27.1 Å². The molecule has 4 bridgehead atoms. The van der Waals surface area contributed by atoms with Crippen molar-refractivity contribution in [1.29, 1.82) is 0 Å². The van der Waals surface area contributed by atoms with Gasteiger partial charge in [-0.1, -0.05) is 23.7 Å². The van der Waals surface area contributed by atoms with Crippen LogP contribution in [0.2, 0.25) is 5.15 Å². The van der Waals surface area contributed by atoms with E-state index in [0.717, 1.165) is 54.2 Å². The summed E-state index contributed by atoms with van der Waals surface area (Å²) in [7, 11) is 0. The van der Waals surface area contributed by atoms with Crippen molar-refractivity contribution in [3.05, 3.63) is 76.0 Å². The molecule has 2 aromatic heterocycles. The largest absolute Gasteiger partial charge is 0.488 e. The number of aromatic nitrogens is 4. The zero-order chi connectivity index (χ0) is 26.9. The van der Waals surface area contributed by atoms with Crippen LogP contribution in [0.15, 0.2) is 36.7 Å². The first kappa shape index (κ1) is 24.7. The molecular formula is C29H27ClF3N5O. The fourth-order valence-corrected chi connectivity index (χ4v) is 7.95. The molecule has 0 radical (unpaired) electrons. The van der Waals surface area contributed by atoms with Crippen LogP contribution in [0, 0.1) is 35.2 Å². The highest BCUT2D eigenvalue weighted by Gasteiger charge is 2.52. The second-order valence-corrected chi connectivity index (χ2v) is 12.0. The third-order valence-electron chi connectivity index (χ3n) is 8.92. The van der Waals surface area contributed by atoms with Gasteiger partial charge in [0.25, 0.3) is 0 Å². The molecule has 4 aromatic rings. The summed E-state index contributed by atoms with van der Waals surface area (Å²) in [5.74, 6) is -0.278. The van der Waals surface area contributed by atoms with E-state index in [-0.39, 0.29) is 28.7 Å². The smallest absolute Gasteiger partial charge is 0.223 e. The molecule has 4 aliphatic carbocycles. The molecule has 4 aliphatic rings. The molecule has 2 aromatic carbocycles. The van der Waals surface area contributed by atoms with Gasteiger partial charge < -0.3 is 15.0 Å². The lowest BCUT2D eigenvalue weighted by Crippen LogP contribution is -2.48. The van der Waals surface area contributed by atoms with Crippen LogP contribution in [0.3, 0.4) is 0 Å². The standard InChI is InChI=1S/C29H27ClF3N5O/c30-26-25-27(37-28(34)36-26)38(14-35-25)12-15-1-2-20(29-9-16-3-17(10-29)5-18(4-16)11-29)24(6-15)39-13-19-7-22(32)23(33)8-21(19)31/h1-2,6-8,14,16-18H,3-5,9-13H2,(H2,34,36,37). The molecular weight excluding hydrogens is 527 g/mol. The molecule has 4 saturated carbocycles. The number of halogens is 4. The molecule has 2 N–H and O–H groups in total. The summed E-state index contributed by atoms with van der Waals surface area (Å²) < 4.78 is 50.0. The lowest BCUT2D eigenvalue weighted by Gasteiger charge is -2.57. The van der Waals surface area contributed by atoms with Crippen molar-refractivity contribution < 1.29 is 17.9 Å². The van der Waals surface area contributed by atoms with Gasteiger partial charge in [-0.15, -0.1) is 0 Å². The van der Waals surface area contributed by atoms with Crippen molar-refractivity contribution in [2.75, 3.05) is 5.73 Å². The summed E-state index contributed by atoms with van der Waals surface area (Å²) in [5, 5.41) is 0.186. The number of anilines is 1. The van der Waals surface area contributed by atoms with Crippen LogP contribution in [0.5, 0.6) is 5.75 Å². The number of benzene rings is 2. The Kier molecular flexibility index (Phi) is 5.77. The molecule has 0 atom stereocenters. The lowest BCUT2D eigenvalue weighted by atomic mass is 9.48. The fourth-order valence-electron chi connectivity index (χ4n) is 7.73. The lowest BCUT2D eigenvalue weighted by molar-refractivity contribution is -0.00649. The second-order valence-electron chi connectivity index (χ2n) is 11.6. The van der Waals surface area contributed by atoms with Gasteiger partial charge in [-0.2, -0.15) is 9.97 Å². The second kappa shape index (κ2) is 9.11.